The molecule has 0 unspecified atom stereocenters. The number of para-hydroxylation sites is 2. The van der Waals surface area contributed by atoms with Gasteiger partial charge in [-0.3, -0.25) is 4.79 Å². The number of amides is 1. The summed E-state index contributed by atoms with van der Waals surface area (Å²) in [4.78, 5) is 27.3. The summed E-state index contributed by atoms with van der Waals surface area (Å²) in [6.07, 6.45) is 2.19. The third kappa shape index (κ3) is 1.98. The highest BCUT2D eigenvalue weighted by atomic mass is 16.2. The van der Waals surface area contributed by atoms with Gasteiger partial charge in [-0.25, -0.2) is 9.97 Å². The van der Waals surface area contributed by atoms with Crippen molar-refractivity contribution < 1.29 is 4.79 Å². The summed E-state index contributed by atoms with van der Waals surface area (Å²) in [6, 6.07) is 13.6. The van der Waals surface area contributed by atoms with E-state index >= 15 is 0 Å². The van der Waals surface area contributed by atoms with Crippen molar-refractivity contribution in [3.8, 4) is 0 Å². The molecule has 1 fully saturated rings. The monoisotopic (exact) mass is 316 g/mol. The molecule has 0 aliphatic carbocycles. The SMILES string of the molecule is O=C(c1ccc2[nH]c3nc4ccccc4nc3c2c1)N1CCCC1. The van der Waals surface area contributed by atoms with Gasteiger partial charge < -0.3 is 9.88 Å². The van der Waals surface area contributed by atoms with Gasteiger partial charge in [-0.15, -0.1) is 0 Å². The molecular formula is C19H16N4O. The van der Waals surface area contributed by atoms with Gasteiger partial charge in [-0.1, -0.05) is 12.1 Å². The summed E-state index contributed by atoms with van der Waals surface area (Å²) in [5, 5.41) is 0.952. The molecule has 1 saturated heterocycles. The first-order chi connectivity index (χ1) is 11.8. The minimum absolute atomic E-state index is 0.109. The molecule has 1 amide bonds. The van der Waals surface area contributed by atoms with Crippen molar-refractivity contribution in [1.29, 1.82) is 0 Å². The number of rotatable bonds is 1. The van der Waals surface area contributed by atoms with E-state index in [1.165, 1.54) is 0 Å². The van der Waals surface area contributed by atoms with Gasteiger partial charge in [0.2, 0.25) is 0 Å². The molecule has 4 aromatic rings. The summed E-state index contributed by atoms with van der Waals surface area (Å²) in [7, 11) is 0. The van der Waals surface area contributed by atoms with Gasteiger partial charge in [0.15, 0.2) is 5.65 Å². The zero-order valence-corrected chi connectivity index (χ0v) is 13.1. The van der Waals surface area contributed by atoms with Crippen LogP contribution in [0.3, 0.4) is 0 Å². The maximum Gasteiger partial charge on any atom is 0.253 e. The number of hydrogen-bond donors (Lipinski definition) is 1. The largest absolute Gasteiger partial charge is 0.339 e. The summed E-state index contributed by atoms with van der Waals surface area (Å²) in [5.41, 5.74) is 4.99. The predicted molar refractivity (Wildman–Crippen MR) is 94.0 cm³/mol. The number of aromatic amines is 1. The van der Waals surface area contributed by atoms with Gasteiger partial charge in [0, 0.05) is 29.6 Å². The van der Waals surface area contributed by atoms with Gasteiger partial charge in [0.25, 0.3) is 5.91 Å². The molecule has 24 heavy (non-hydrogen) atoms. The normalized spacial score (nSPS) is 14.9. The third-order valence-electron chi connectivity index (χ3n) is 4.74. The van der Waals surface area contributed by atoms with Gasteiger partial charge >= 0.3 is 0 Å². The van der Waals surface area contributed by atoms with Crippen LogP contribution in [0, 0.1) is 0 Å². The lowest BCUT2D eigenvalue weighted by atomic mass is 10.1. The van der Waals surface area contributed by atoms with Crippen LogP contribution >= 0.6 is 0 Å². The Balaban J connectivity index is 1.71. The van der Waals surface area contributed by atoms with Crippen LogP contribution < -0.4 is 0 Å². The molecule has 118 valence electrons. The van der Waals surface area contributed by atoms with Crippen LogP contribution in [0.4, 0.5) is 0 Å². The Bertz CT molecular complexity index is 1090. The summed E-state index contributed by atoms with van der Waals surface area (Å²) < 4.78 is 0. The molecule has 1 aliphatic rings. The molecular weight excluding hydrogens is 300 g/mol. The lowest BCUT2D eigenvalue weighted by molar-refractivity contribution is 0.0793. The van der Waals surface area contributed by atoms with E-state index in [4.69, 9.17) is 4.98 Å². The molecule has 0 radical (unpaired) electrons. The fraction of sp³-hybridized carbons (Fsp3) is 0.211. The number of likely N-dealkylation sites (tertiary alicyclic amines) is 1. The van der Waals surface area contributed by atoms with Crippen LogP contribution in [0.2, 0.25) is 0 Å². The first-order valence-corrected chi connectivity index (χ1v) is 8.27. The maximum absolute atomic E-state index is 12.6. The summed E-state index contributed by atoms with van der Waals surface area (Å²) >= 11 is 0. The van der Waals surface area contributed by atoms with Crippen molar-refractivity contribution in [1.82, 2.24) is 19.9 Å². The number of carbonyl (C=O) groups is 1. The Labute approximate surface area is 138 Å². The number of nitrogens with one attached hydrogen (secondary N) is 1. The van der Waals surface area contributed by atoms with Crippen LogP contribution in [-0.4, -0.2) is 38.8 Å². The smallest absolute Gasteiger partial charge is 0.253 e. The zero-order valence-electron chi connectivity index (χ0n) is 13.1. The standard InChI is InChI=1S/C19H16N4O/c24-19(23-9-3-4-10-23)12-7-8-14-13(11-12)17-18(21-14)22-16-6-2-1-5-15(16)20-17/h1-2,5-8,11H,3-4,9-10H2,(H,21,22). The summed E-state index contributed by atoms with van der Waals surface area (Å²) in [5.74, 6) is 0.109. The van der Waals surface area contributed by atoms with Crippen LogP contribution in [0.5, 0.6) is 0 Å². The van der Waals surface area contributed by atoms with E-state index in [9.17, 15) is 4.79 Å². The highest BCUT2D eigenvalue weighted by Gasteiger charge is 2.20. The third-order valence-corrected chi connectivity index (χ3v) is 4.74. The van der Waals surface area contributed by atoms with Crippen molar-refractivity contribution in [2.45, 2.75) is 12.8 Å². The molecule has 1 N–H and O–H groups in total. The fourth-order valence-corrected chi connectivity index (χ4v) is 3.49. The minimum atomic E-state index is 0.109. The van der Waals surface area contributed by atoms with Gasteiger partial charge in [-0.05, 0) is 43.2 Å². The number of fused-ring (bicyclic) bond motifs is 4. The second kappa shape index (κ2) is 5.03. The van der Waals surface area contributed by atoms with Crippen LogP contribution in [0.25, 0.3) is 33.1 Å². The number of carbonyl (C=O) groups excluding carboxylic acids is 1. The molecule has 5 nitrogen and oxygen atoms in total. The van der Waals surface area contributed by atoms with Crippen molar-refractivity contribution in [2.75, 3.05) is 13.1 Å². The second-order valence-electron chi connectivity index (χ2n) is 6.29. The lowest BCUT2D eigenvalue weighted by Gasteiger charge is -2.15. The lowest BCUT2D eigenvalue weighted by Crippen LogP contribution is -2.27. The zero-order chi connectivity index (χ0) is 16.1. The number of benzene rings is 2. The van der Waals surface area contributed by atoms with Crippen LogP contribution in [-0.2, 0) is 0 Å². The molecule has 5 heteroatoms. The number of nitrogens with zero attached hydrogens (tertiary/aromatic N) is 3. The van der Waals surface area contributed by atoms with Crippen molar-refractivity contribution in [3.63, 3.8) is 0 Å². The molecule has 2 aromatic carbocycles. The number of H-pyrrole nitrogens is 1. The quantitative estimate of drug-likeness (QED) is 0.584. The Kier molecular flexibility index (Phi) is 2.82. The van der Waals surface area contributed by atoms with Crippen LogP contribution in [0.1, 0.15) is 23.2 Å². The molecule has 5 rings (SSSR count). The molecule has 0 atom stereocenters. The summed E-state index contributed by atoms with van der Waals surface area (Å²) in [6.45, 7) is 1.71. The minimum Gasteiger partial charge on any atom is -0.339 e. The first-order valence-electron chi connectivity index (χ1n) is 8.27. The Morgan fingerprint density at radius 1 is 1.00 bits per heavy atom. The Morgan fingerprint density at radius 3 is 2.54 bits per heavy atom. The molecule has 3 heterocycles. The Hall–Kier alpha value is -2.95. The van der Waals surface area contributed by atoms with Crippen molar-refractivity contribution in [3.05, 3.63) is 48.0 Å². The van der Waals surface area contributed by atoms with Gasteiger partial charge in [0.1, 0.15) is 5.52 Å². The highest BCUT2D eigenvalue weighted by molar-refractivity contribution is 6.08. The molecule has 2 aromatic heterocycles. The maximum atomic E-state index is 12.6. The molecule has 1 aliphatic heterocycles. The van der Waals surface area contributed by atoms with E-state index in [1.807, 2.05) is 47.4 Å². The molecule has 0 saturated carbocycles. The average Bonchev–Trinajstić information content (AvgIpc) is 3.26. The van der Waals surface area contributed by atoms with E-state index in [1.54, 1.807) is 0 Å². The van der Waals surface area contributed by atoms with E-state index in [0.717, 1.165) is 64.6 Å². The van der Waals surface area contributed by atoms with Gasteiger partial charge in [0.05, 0.1) is 11.0 Å². The molecule has 0 bridgehead atoms. The molecule has 0 spiro atoms. The second-order valence-corrected chi connectivity index (χ2v) is 6.29. The topological polar surface area (TPSA) is 61.9 Å². The van der Waals surface area contributed by atoms with E-state index in [0.29, 0.717) is 0 Å². The van der Waals surface area contributed by atoms with Gasteiger partial charge in [-0.2, -0.15) is 0 Å². The Morgan fingerprint density at radius 2 is 1.75 bits per heavy atom. The predicted octanol–water partition coefficient (Wildman–Crippen LogP) is 3.50. The van der Waals surface area contributed by atoms with E-state index in [-0.39, 0.29) is 5.91 Å². The van der Waals surface area contributed by atoms with E-state index < -0.39 is 0 Å². The fourth-order valence-electron chi connectivity index (χ4n) is 3.49. The number of hydrogen-bond acceptors (Lipinski definition) is 3. The van der Waals surface area contributed by atoms with Crippen molar-refractivity contribution in [2.24, 2.45) is 0 Å². The van der Waals surface area contributed by atoms with E-state index in [2.05, 4.69) is 9.97 Å². The number of aromatic nitrogens is 3. The first kappa shape index (κ1) is 13.5. The average molecular weight is 316 g/mol. The van der Waals surface area contributed by atoms with Crippen molar-refractivity contribution >= 4 is 39.0 Å². The highest BCUT2D eigenvalue weighted by Crippen LogP contribution is 2.26. The van der Waals surface area contributed by atoms with Crippen LogP contribution in [0.15, 0.2) is 42.5 Å².